The van der Waals surface area contributed by atoms with Crippen LogP contribution in [0, 0.1) is 17.6 Å². The quantitative estimate of drug-likeness (QED) is 0.827. The number of carbonyl (C=O) groups is 1. The van der Waals surface area contributed by atoms with Crippen molar-refractivity contribution in [2.45, 2.75) is 57.5 Å². The number of hydrogen-bond donors (Lipinski definition) is 2. The van der Waals surface area contributed by atoms with Crippen LogP contribution in [0.25, 0.3) is 0 Å². The first-order valence-electron chi connectivity index (χ1n) is 9.92. The summed E-state index contributed by atoms with van der Waals surface area (Å²) in [6, 6.07) is 3.63. The maximum absolute atomic E-state index is 13.5. The highest BCUT2D eigenvalue weighted by molar-refractivity contribution is 5.74. The van der Waals surface area contributed by atoms with Crippen molar-refractivity contribution in [3.05, 3.63) is 35.4 Å². The Balaban J connectivity index is 1.68. The van der Waals surface area contributed by atoms with Gasteiger partial charge >= 0.3 is 6.03 Å². The number of nitrogens with one attached hydrogen (secondary N) is 1. The van der Waals surface area contributed by atoms with E-state index in [0.717, 1.165) is 57.7 Å². The molecule has 2 amide bonds. The molecule has 1 heterocycles. The molecule has 0 aromatic heterocycles. The number of nitrogens with two attached hydrogens (primary N) is 1. The number of carbonyl (C=O) groups excluding carboxylic acids is 1. The van der Waals surface area contributed by atoms with Crippen molar-refractivity contribution >= 4 is 6.03 Å². The lowest BCUT2D eigenvalue weighted by Gasteiger charge is -2.32. The van der Waals surface area contributed by atoms with Gasteiger partial charge in [-0.3, -0.25) is 0 Å². The minimum Gasteiger partial charge on any atom is -0.346 e. The molecule has 6 heteroatoms. The first-order chi connectivity index (χ1) is 12.6. The Morgan fingerprint density at radius 2 is 1.69 bits per heavy atom. The van der Waals surface area contributed by atoms with Gasteiger partial charge in [0.25, 0.3) is 0 Å². The second-order valence-electron chi connectivity index (χ2n) is 7.75. The molecule has 1 aromatic rings. The second kappa shape index (κ2) is 9.31. The van der Waals surface area contributed by atoms with Crippen LogP contribution in [0.5, 0.6) is 0 Å². The first-order valence-corrected chi connectivity index (χ1v) is 9.92. The van der Waals surface area contributed by atoms with Crippen molar-refractivity contribution in [2.24, 2.45) is 5.92 Å². The lowest BCUT2D eigenvalue weighted by atomic mass is 9.95. The molecule has 26 heavy (non-hydrogen) atoms. The van der Waals surface area contributed by atoms with Crippen molar-refractivity contribution < 1.29 is 18.9 Å². The summed E-state index contributed by atoms with van der Waals surface area (Å²) in [6.45, 7) is 3.05. The predicted molar refractivity (Wildman–Crippen MR) is 96.6 cm³/mol. The Morgan fingerprint density at radius 1 is 1.04 bits per heavy atom. The highest BCUT2D eigenvalue weighted by atomic mass is 19.1. The first kappa shape index (κ1) is 19.1. The molecule has 4 nitrogen and oxygen atoms in total. The molecule has 0 radical (unpaired) electrons. The zero-order valence-corrected chi connectivity index (χ0v) is 15.4. The summed E-state index contributed by atoms with van der Waals surface area (Å²) in [6.07, 6.45) is 7.73. The van der Waals surface area contributed by atoms with Crippen LogP contribution in [-0.2, 0) is 6.54 Å². The van der Waals surface area contributed by atoms with Gasteiger partial charge in [0.05, 0.1) is 13.1 Å². The van der Waals surface area contributed by atoms with E-state index in [1.54, 1.807) is 4.90 Å². The maximum Gasteiger partial charge on any atom is 0.317 e. The Labute approximate surface area is 154 Å². The molecule has 1 saturated heterocycles. The molecule has 3 rings (SSSR count). The maximum atomic E-state index is 13.5. The van der Waals surface area contributed by atoms with E-state index in [-0.39, 0.29) is 18.6 Å². The lowest BCUT2D eigenvalue weighted by molar-refractivity contribution is -0.664. The smallest absolute Gasteiger partial charge is 0.317 e. The molecular weight excluding hydrogens is 336 g/mol. The van der Waals surface area contributed by atoms with Gasteiger partial charge in [0, 0.05) is 38.0 Å². The average Bonchev–Trinajstić information content (AvgIpc) is 2.62. The zero-order chi connectivity index (χ0) is 18.4. The molecule has 1 aliphatic heterocycles. The normalized spacial score (nSPS) is 19.3. The fourth-order valence-electron chi connectivity index (χ4n) is 4.14. The van der Waals surface area contributed by atoms with Crippen LogP contribution in [0.1, 0.15) is 50.5 Å². The van der Waals surface area contributed by atoms with Crippen molar-refractivity contribution in [1.82, 2.24) is 10.2 Å². The molecule has 144 valence electrons. The van der Waals surface area contributed by atoms with Crippen LogP contribution in [0.2, 0.25) is 0 Å². The Kier molecular flexibility index (Phi) is 6.83. The van der Waals surface area contributed by atoms with Gasteiger partial charge in [0.1, 0.15) is 11.6 Å². The molecule has 0 unspecified atom stereocenters. The third kappa shape index (κ3) is 5.66. The molecule has 1 aliphatic carbocycles. The second-order valence-corrected chi connectivity index (χ2v) is 7.75. The SMILES string of the molecule is O=C(NC1CCCCC1)N(Cc1cc(F)cc(F)c1)CC1CC[NH2+]CC1. The van der Waals surface area contributed by atoms with Gasteiger partial charge in [-0.15, -0.1) is 0 Å². The number of halogens is 2. The summed E-state index contributed by atoms with van der Waals surface area (Å²) < 4.78 is 27.1. The number of benzene rings is 1. The minimum absolute atomic E-state index is 0.101. The standard InChI is InChI=1S/C20H29F2N3O/c21-17-10-16(11-18(22)12-17)14-25(13-15-6-8-23-9-7-15)20(26)24-19-4-2-1-3-5-19/h10-12,15,19,23H,1-9,13-14H2,(H,24,26)/p+1. The highest BCUT2D eigenvalue weighted by Gasteiger charge is 2.25. The summed E-state index contributed by atoms with van der Waals surface area (Å²) >= 11 is 0. The van der Waals surface area contributed by atoms with Crippen LogP contribution in [-0.4, -0.2) is 36.6 Å². The Hall–Kier alpha value is -1.69. The molecular formula is C20H30F2N3O+. The number of amides is 2. The van der Waals surface area contributed by atoms with Crippen molar-refractivity contribution in [3.8, 4) is 0 Å². The third-order valence-corrected chi connectivity index (χ3v) is 5.55. The predicted octanol–water partition coefficient (Wildman–Crippen LogP) is 2.78. The van der Waals surface area contributed by atoms with Crippen LogP contribution in [0.4, 0.5) is 13.6 Å². The van der Waals surface area contributed by atoms with Gasteiger partial charge in [-0.1, -0.05) is 19.3 Å². The minimum atomic E-state index is -0.597. The van der Waals surface area contributed by atoms with Crippen molar-refractivity contribution in [1.29, 1.82) is 0 Å². The number of hydrogen-bond acceptors (Lipinski definition) is 1. The molecule has 0 atom stereocenters. The summed E-state index contributed by atoms with van der Waals surface area (Å²) in [7, 11) is 0. The van der Waals surface area contributed by atoms with Crippen LogP contribution in [0.3, 0.4) is 0 Å². The van der Waals surface area contributed by atoms with Gasteiger partial charge in [-0.25, -0.2) is 13.6 Å². The van der Waals surface area contributed by atoms with E-state index in [0.29, 0.717) is 18.0 Å². The number of nitrogens with zero attached hydrogens (tertiary/aromatic N) is 1. The largest absolute Gasteiger partial charge is 0.346 e. The van der Waals surface area contributed by atoms with Crippen LogP contribution in [0.15, 0.2) is 18.2 Å². The van der Waals surface area contributed by atoms with E-state index in [4.69, 9.17) is 0 Å². The molecule has 2 fully saturated rings. The number of quaternary nitrogens is 1. The van der Waals surface area contributed by atoms with Crippen molar-refractivity contribution in [3.63, 3.8) is 0 Å². The van der Waals surface area contributed by atoms with Gasteiger partial charge in [0.15, 0.2) is 0 Å². The monoisotopic (exact) mass is 366 g/mol. The van der Waals surface area contributed by atoms with Crippen molar-refractivity contribution in [2.75, 3.05) is 19.6 Å². The topological polar surface area (TPSA) is 49.0 Å². The molecule has 1 aromatic carbocycles. The van der Waals surface area contributed by atoms with E-state index >= 15 is 0 Å². The molecule has 0 spiro atoms. The molecule has 3 N–H and O–H groups in total. The molecule has 0 bridgehead atoms. The summed E-state index contributed by atoms with van der Waals surface area (Å²) in [5, 5.41) is 5.45. The fraction of sp³-hybridized carbons (Fsp3) is 0.650. The number of piperidine rings is 1. The molecule has 1 saturated carbocycles. The highest BCUT2D eigenvalue weighted by Crippen LogP contribution is 2.19. The van der Waals surface area contributed by atoms with E-state index in [1.807, 2.05) is 0 Å². The summed E-state index contributed by atoms with van der Waals surface area (Å²) in [5.74, 6) is -0.740. The van der Waals surface area contributed by atoms with E-state index in [2.05, 4.69) is 10.6 Å². The molecule has 2 aliphatic rings. The Morgan fingerprint density at radius 3 is 2.35 bits per heavy atom. The van der Waals surface area contributed by atoms with Gasteiger partial charge in [-0.05, 0) is 36.5 Å². The summed E-state index contributed by atoms with van der Waals surface area (Å²) in [5.41, 5.74) is 0.503. The zero-order valence-electron chi connectivity index (χ0n) is 15.4. The average molecular weight is 366 g/mol. The van der Waals surface area contributed by atoms with Crippen LogP contribution < -0.4 is 10.6 Å². The Bertz CT molecular complexity index is 578. The van der Waals surface area contributed by atoms with Crippen LogP contribution >= 0.6 is 0 Å². The van der Waals surface area contributed by atoms with E-state index in [9.17, 15) is 13.6 Å². The van der Waals surface area contributed by atoms with E-state index < -0.39 is 11.6 Å². The van der Waals surface area contributed by atoms with Gasteiger partial charge < -0.3 is 15.5 Å². The van der Waals surface area contributed by atoms with Gasteiger partial charge in [-0.2, -0.15) is 0 Å². The van der Waals surface area contributed by atoms with Gasteiger partial charge in [0.2, 0.25) is 0 Å². The lowest BCUT2D eigenvalue weighted by Crippen LogP contribution is -2.86. The fourth-order valence-corrected chi connectivity index (χ4v) is 4.14. The number of urea groups is 1. The summed E-state index contributed by atoms with van der Waals surface area (Å²) in [4.78, 5) is 14.6. The number of rotatable bonds is 5. The van der Waals surface area contributed by atoms with E-state index in [1.165, 1.54) is 18.6 Å². The third-order valence-electron chi connectivity index (χ3n) is 5.55.